The van der Waals surface area contributed by atoms with Crippen LogP contribution in [0.4, 0.5) is 0 Å². The Morgan fingerprint density at radius 2 is 2.54 bits per heavy atom. The van der Waals surface area contributed by atoms with Gasteiger partial charge in [0.2, 0.25) is 0 Å². The van der Waals surface area contributed by atoms with E-state index in [9.17, 15) is 0 Å². The zero-order chi connectivity index (χ0) is 9.68. The number of aromatic nitrogens is 2. The van der Waals surface area contributed by atoms with E-state index in [0.717, 1.165) is 12.1 Å². The fraction of sp³-hybridized carbons (Fsp3) is 0.625. The van der Waals surface area contributed by atoms with Crippen molar-refractivity contribution in [1.29, 1.82) is 0 Å². The summed E-state index contributed by atoms with van der Waals surface area (Å²) in [6.45, 7) is 0.681. The van der Waals surface area contributed by atoms with Gasteiger partial charge in [-0.3, -0.25) is 16.0 Å². The first-order chi connectivity index (χ1) is 6.29. The molecular formula is C8H16N4O. The van der Waals surface area contributed by atoms with Crippen LogP contribution in [0.1, 0.15) is 18.2 Å². The summed E-state index contributed by atoms with van der Waals surface area (Å²) in [5, 5.41) is 4.07. The molecule has 13 heavy (non-hydrogen) atoms. The molecule has 1 heterocycles. The van der Waals surface area contributed by atoms with Crippen LogP contribution in [-0.4, -0.2) is 23.5 Å². The number of ether oxygens (including phenoxy) is 1. The minimum absolute atomic E-state index is 0.104. The van der Waals surface area contributed by atoms with E-state index in [1.165, 1.54) is 0 Å². The first-order valence-electron chi connectivity index (χ1n) is 4.22. The zero-order valence-electron chi connectivity index (χ0n) is 8.03. The summed E-state index contributed by atoms with van der Waals surface area (Å²) in [6.07, 6.45) is 2.60. The number of nitrogens with two attached hydrogens (primary N) is 1. The molecule has 1 aromatic rings. The third-order valence-corrected chi connectivity index (χ3v) is 2.03. The van der Waals surface area contributed by atoms with Gasteiger partial charge in [-0.15, -0.1) is 0 Å². The van der Waals surface area contributed by atoms with Gasteiger partial charge in [0.1, 0.15) is 0 Å². The van der Waals surface area contributed by atoms with Crippen molar-refractivity contribution in [3.05, 3.63) is 18.0 Å². The van der Waals surface area contributed by atoms with E-state index in [1.807, 2.05) is 13.1 Å². The van der Waals surface area contributed by atoms with E-state index in [1.54, 1.807) is 18.0 Å². The van der Waals surface area contributed by atoms with Gasteiger partial charge >= 0.3 is 0 Å². The quantitative estimate of drug-likeness (QED) is 0.498. The Hall–Kier alpha value is -0.910. The monoisotopic (exact) mass is 184 g/mol. The Kier molecular flexibility index (Phi) is 3.88. The maximum Gasteiger partial charge on any atom is 0.0650 e. The number of rotatable bonds is 5. The topological polar surface area (TPSA) is 65.1 Å². The number of nitrogens with one attached hydrogen (secondary N) is 1. The van der Waals surface area contributed by atoms with Crippen LogP contribution in [0.3, 0.4) is 0 Å². The largest absolute Gasteiger partial charge is 0.385 e. The molecule has 1 rings (SSSR count). The summed E-state index contributed by atoms with van der Waals surface area (Å²) in [6, 6.07) is 2.05. The molecule has 1 unspecified atom stereocenters. The lowest BCUT2D eigenvalue weighted by Gasteiger charge is -2.15. The first kappa shape index (κ1) is 10.2. The predicted molar refractivity (Wildman–Crippen MR) is 49.8 cm³/mol. The van der Waals surface area contributed by atoms with Gasteiger partial charge in [-0.1, -0.05) is 0 Å². The highest BCUT2D eigenvalue weighted by Crippen LogP contribution is 2.13. The molecule has 5 heteroatoms. The van der Waals surface area contributed by atoms with Crippen molar-refractivity contribution in [1.82, 2.24) is 15.2 Å². The van der Waals surface area contributed by atoms with Crippen molar-refractivity contribution >= 4 is 0 Å². The minimum Gasteiger partial charge on any atom is -0.385 e. The van der Waals surface area contributed by atoms with E-state index in [4.69, 9.17) is 10.6 Å². The number of hydrogen-bond acceptors (Lipinski definition) is 4. The van der Waals surface area contributed by atoms with E-state index < -0.39 is 0 Å². The van der Waals surface area contributed by atoms with Gasteiger partial charge in [0.15, 0.2) is 0 Å². The third-order valence-electron chi connectivity index (χ3n) is 2.03. The lowest BCUT2D eigenvalue weighted by Crippen LogP contribution is -2.30. The maximum atomic E-state index is 5.43. The van der Waals surface area contributed by atoms with E-state index >= 15 is 0 Å². The van der Waals surface area contributed by atoms with Crippen LogP contribution in [0.15, 0.2) is 12.3 Å². The Balaban J connectivity index is 2.61. The number of nitrogens with zero attached hydrogens (tertiary/aromatic N) is 2. The normalized spacial score (nSPS) is 13.2. The van der Waals surface area contributed by atoms with Crippen LogP contribution in [0, 0.1) is 0 Å². The average molecular weight is 184 g/mol. The van der Waals surface area contributed by atoms with Gasteiger partial charge in [0.25, 0.3) is 0 Å². The smallest absolute Gasteiger partial charge is 0.0650 e. The molecule has 1 atom stereocenters. The molecule has 1 aromatic heterocycles. The van der Waals surface area contributed by atoms with E-state index in [0.29, 0.717) is 6.61 Å². The van der Waals surface area contributed by atoms with Crippen molar-refractivity contribution in [2.45, 2.75) is 12.5 Å². The van der Waals surface area contributed by atoms with Gasteiger partial charge in [-0.05, 0) is 12.5 Å². The molecule has 74 valence electrons. The van der Waals surface area contributed by atoms with Crippen molar-refractivity contribution in [2.75, 3.05) is 13.7 Å². The molecule has 0 aliphatic heterocycles. The second kappa shape index (κ2) is 4.96. The second-order valence-corrected chi connectivity index (χ2v) is 2.88. The van der Waals surface area contributed by atoms with Crippen LogP contribution in [0.2, 0.25) is 0 Å². The van der Waals surface area contributed by atoms with E-state index in [-0.39, 0.29) is 6.04 Å². The average Bonchev–Trinajstić information content (AvgIpc) is 2.54. The molecule has 0 aliphatic rings. The van der Waals surface area contributed by atoms with Gasteiger partial charge in [-0.25, -0.2) is 0 Å². The number of hydrogen-bond donors (Lipinski definition) is 2. The van der Waals surface area contributed by atoms with Gasteiger partial charge in [0.05, 0.1) is 11.7 Å². The molecule has 0 amide bonds. The molecule has 3 N–H and O–H groups in total. The Labute approximate surface area is 77.8 Å². The molecule has 0 bridgehead atoms. The van der Waals surface area contributed by atoms with Crippen molar-refractivity contribution < 1.29 is 4.74 Å². The van der Waals surface area contributed by atoms with E-state index in [2.05, 4.69) is 10.5 Å². The Bertz CT molecular complexity index is 248. The molecule has 0 aliphatic carbocycles. The predicted octanol–water partition coefficient (Wildman–Crippen LogP) is -0.0390. The molecular weight excluding hydrogens is 168 g/mol. The van der Waals surface area contributed by atoms with Crippen LogP contribution in [-0.2, 0) is 11.8 Å². The lowest BCUT2D eigenvalue weighted by molar-refractivity contribution is 0.181. The van der Waals surface area contributed by atoms with Crippen molar-refractivity contribution in [3.8, 4) is 0 Å². The molecule has 0 spiro atoms. The standard InChI is InChI=1S/C8H16N4O/c1-12-8(3-5-10-12)7(11-9)4-6-13-2/h3,5,7,11H,4,6,9H2,1-2H3. The zero-order valence-corrected chi connectivity index (χ0v) is 8.03. The molecule has 0 radical (unpaired) electrons. The Morgan fingerprint density at radius 1 is 1.77 bits per heavy atom. The maximum absolute atomic E-state index is 5.43. The van der Waals surface area contributed by atoms with Crippen LogP contribution < -0.4 is 11.3 Å². The van der Waals surface area contributed by atoms with Crippen LogP contribution >= 0.6 is 0 Å². The summed E-state index contributed by atoms with van der Waals surface area (Å²) in [5.74, 6) is 5.43. The highest BCUT2D eigenvalue weighted by Gasteiger charge is 2.12. The summed E-state index contributed by atoms with van der Waals surface area (Å²) < 4.78 is 6.79. The first-order valence-corrected chi connectivity index (χ1v) is 4.22. The van der Waals surface area contributed by atoms with Crippen LogP contribution in [0.5, 0.6) is 0 Å². The fourth-order valence-corrected chi connectivity index (χ4v) is 1.28. The molecule has 0 saturated heterocycles. The summed E-state index contributed by atoms with van der Waals surface area (Å²) >= 11 is 0. The summed E-state index contributed by atoms with van der Waals surface area (Å²) in [7, 11) is 3.57. The molecule has 5 nitrogen and oxygen atoms in total. The highest BCUT2D eigenvalue weighted by molar-refractivity contribution is 5.05. The van der Waals surface area contributed by atoms with Crippen LogP contribution in [0.25, 0.3) is 0 Å². The summed E-state index contributed by atoms with van der Waals surface area (Å²) in [5.41, 5.74) is 3.81. The third kappa shape index (κ3) is 2.51. The van der Waals surface area contributed by atoms with Crippen molar-refractivity contribution in [3.63, 3.8) is 0 Å². The van der Waals surface area contributed by atoms with Gasteiger partial charge in [0, 0.05) is 27.0 Å². The minimum atomic E-state index is 0.104. The lowest BCUT2D eigenvalue weighted by atomic mass is 10.1. The van der Waals surface area contributed by atoms with Crippen molar-refractivity contribution in [2.24, 2.45) is 12.9 Å². The Morgan fingerprint density at radius 3 is 3.00 bits per heavy atom. The molecule has 0 saturated carbocycles. The molecule has 0 aromatic carbocycles. The second-order valence-electron chi connectivity index (χ2n) is 2.88. The number of methoxy groups -OCH3 is 1. The fourth-order valence-electron chi connectivity index (χ4n) is 1.28. The van der Waals surface area contributed by atoms with Gasteiger partial charge in [-0.2, -0.15) is 5.10 Å². The molecule has 0 fully saturated rings. The highest BCUT2D eigenvalue weighted by atomic mass is 16.5. The number of aryl methyl sites for hydroxylation is 1. The SMILES string of the molecule is COCCC(NN)c1ccnn1C. The number of hydrazine groups is 1. The van der Waals surface area contributed by atoms with Gasteiger partial charge < -0.3 is 4.74 Å². The summed E-state index contributed by atoms with van der Waals surface area (Å²) in [4.78, 5) is 0.